The smallest absolute Gasteiger partial charge is 0.395 e. The highest BCUT2D eigenvalue weighted by atomic mass is 32.1. The standard InChI is InChI=1S/C24H27F3N2O3S/c1-15(24(25,26)27)16-3-5-17(6-4-16)21(30)29(18-7-8-18)19-9-11-23(12-10-19,22(31)32-2)20-13-33-14-28-20/h3-6,13-15,18-19H,7-12H2,1-2H3/t15-,19?,23?/m1/s1. The summed E-state index contributed by atoms with van der Waals surface area (Å²) in [6.45, 7) is 1.12. The van der Waals surface area contributed by atoms with Crippen molar-refractivity contribution in [3.63, 3.8) is 0 Å². The third kappa shape index (κ3) is 4.65. The lowest BCUT2D eigenvalue weighted by molar-refractivity contribution is -0.149. The molecule has 5 nitrogen and oxygen atoms in total. The van der Waals surface area contributed by atoms with E-state index in [1.807, 2.05) is 10.3 Å². The van der Waals surface area contributed by atoms with Crippen molar-refractivity contribution in [2.24, 2.45) is 0 Å². The third-order valence-electron chi connectivity index (χ3n) is 7.02. The maximum absolute atomic E-state index is 13.4. The largest absolute Gasteiger partial charge is 0.468 e. The molecule has 9 heteroatoms. The van der Waals surface area contributed by atoms with Gasteiger partial charge in [0.05, 0.1) is 24.2 Å². The van der Waals surface area contributed by atoms with Gasteiger partial charge in [0, 0.05) is 23.0 Å². The van der Waals surface area contributed by atoms with E-state index < -0.39 is 17.5 Å². The first-order valence-electron chi connectivity index (χ1n) is 11.1. The fourth-order valence-electron chi connectivity index (χ4n) is 4.82. The molecule has 1 heterocycles. The van der Waals surface area contributed by atoms with Crippen LogP contribution >= 0.6 is 11.3 Å². The predicted octanol–water partition coefficient (Wildman–Crippen LogP) is 5.47. The number of thiazole rings is 1. The van der Waals surface area contributed by atoms with Gasteiger partial charge in [-0.05, 0) is 63.1 Å². The number of esters is 1. The number of methoxy groups -OCH3 is 1. The molecule has 0 spiro atoms. The van der Waals surface area contributed by atoms with Gasteiger partial charge in [0.25, 0.3) is 5.91 Å². The summed E-state index contributed by atoms with van der Waals surface area (Å²) in [6, 6.07) is 5.87. The lowest BCUT2D eigenvalue weighted by Crippen LogP contribution is -2.49. The second kappa shape index (κ2) is 9.08. The molecule has 2 aliphatic rings. The Labute approximate surface area is 195 Å². The van der Waals surface area contributed by atoms with Gasteiger partial charge in [-0.15, -0.1) is 11.3 Å². The second-order valence-corrected chi connectivity index (χ2v) is 9.73. The first kappa shape index (κ1) is 23.7. The van der Waals surface area contributed by atoms with Crippen LogP contribution in [0.1, 0.15) is 73.0 Å². The van der Waals surface area contributed by atoms with Crippen molar-refractivity contribution in [2.45, 2.75) is 75.0 Å². The van der Waals surface area contributed by atoms with Crippen LogP contribution in [0.25, 0.3) is 0 Å². The van der Waals surface area contributed by atoms with E-state index in [1.165, 1.54) is 42.7 Å². The molecule has 0 aliphatic heterocycles. The number of halogens is 3. The van der Waals surface area contributed by atoms with Gasteiger partial charge in [-0.2, -0.15) is 13.2 Å². The molecule has 0 N–H and O–H groups in total. The molecule has 178 valence electrons. The molecule has 0 unspecified atom stereocenters. The zero-order valence-corrected chi connectivity index (χ0v) is 19.4. The van der Waals surface area contributed by atoms with Crippen LogP contribution in [0.4, 0.5) is 13.2 Å². The average Bonchev–Trinajstić information content (AvgIpc) is 3.48. The van der Waals surface area contributed by atoms with Crippen LogP contribution in [0.3, 0.4) is 0 Å². The number of hydrogen-bond acceptors (Lipinski definition) is 5. The molecule has 2 fully saturated rings. The van der Waals surface area contributed by atoms with Crippen LogP contribution in [0.15, 0.2) is 35.2 Å². The number of amides is 1. The molecule has 0 saturated heterocycles. The van der Waals surface area contributed by atoms with E-state index in [2.05, 4.69) is 4.98 Å². The Balaban J connectivity index is 1.51. The molecular weight excluding hydrogens is 453 g/mol. The SMILES string of the molecule is COC(=O)C1(c2cscn2)CCC(N(C(=O)c2ccc([C@@H](C)C(F)(F)F)cc2)C2CC2)CC1. The normalized spacial score (nSPS) is 24.2. The number of rotatable bonds is 6. The van der Waals surface area contributed by atoms with Crippen LogP contribution < -0.4 is 0 Å². The number of carbonyl (C=O) groups is 2. The summed E-state index contributed by atoms with van der Waals surface area (Å²) in [5.74, 6) is -2.05. The number of alkyl halides is 3. The lowest BCUT2D eigenvalue weighted by Gasteiger charge is -2.41. The van der Waals surface area contributed by atoms with Crippen molar-refractivity contribution in [3.8, 4) is 0 Å². The third-order valence-corrected chi connectivity index (χ3v) is 7.61. The monoisotopic (exact) mass is 480 g/mol. The van der Waals surface area contributed by atoms with Gasteiger partial charge in [0.1, 0.15) is 5.41 Å². The average molecular weight is 481 g/mol. The molecule has 2 saturated carbocycles. The maximum Gasteiger partial charge on any atom is 0.395 e. The van der Waals surface area contributed by atoms with Gasteiger partial charge in [-0.1, -0.05) is 12.1 Å². The summed E-state index contributed by atoms with van der Waals surface area (Å²) in [6.07, 6.45) is -0.147. The fourth-order valence-corrected chi connectivity index (χ4v) is 5.47. The summed E-state index contributed by atoms with van der Waals surface area (Å²) in [7, 11) is 1.38. The topological polar surface area (TPSA) is 59.5 Å². The van der Waals surface area contributed by atoms with E-state index in [0.717, 1.165) is 25.5 Å². The van der Waals surface area contributed by atoms with Crippen molar-refractivity contribution in [2.75, 3.05) is 7.11 Å². The van der Waals surface area contributed by atoms with Crippen molar-refractivity contribution >= 4 is 23.2 Å². The number of aromatic nitrogens is 1. The van der Waals surface area contributed by atoms with Gasteiger partial charge in [0.15, 0.2) is 0 Å². The van der Waals surface area contributed by atoms with Gasteiger partial charge >= 0.3 is 12.1 Å². The molecule has 1 aromatic carbocycles. The Morgan fingerprint density at radius 2 is 1.73 bits per heavy atom. The summed E-state index contributed by atoms with van der Waals surface area (Å²) >= 11 is 1.43. The number of hydrogen-bond donors (Lipinski definition) is 0. The van der Waals surface area contributed by atoms with Gasteiger partial charge in [-0.3, -0.25) is 9.59 Å². The molecule has 0 radical (unpaired) electrons. The van der Waals surface area contributed by atoms with E-state index in [0.29, 0.717) is 31.2 Å². The summed E-state index contributed by atoms with van der Waals surface area (Å²) in [4.78, 5) is 32.4. The Bertz CT molecular complexity index is 979. The van der Waals surface area contributed by atoms with Crippen LogP contribution in [-0.2, 0) is 14.9 Å². The fraction of sp³-hybridized carbons (Fsp3) is 0.542. The van der Waals surface area contributed by atoms with Gasteiger partial charge < -0.3 is 9.64 Å². The Morgan fingerprint density at radius 1 is 1.12 bits per heavy atom. The Morgan fingerprint density at radius 3 is 2.21 bits per heavy atom. The zero-order chi connectivity index (χ0) is 23.8. The molecule has 1 atom stereocenters. The number of nitrogens with zero attached hydrogens (tertiary/aromatic N) is 2. The highest BCUT2D eigenvalue weighted by Crippen LogP contribution is 2.44. The van der Waals surface area contributed by atoms with E-state index in [9.17, 15) is 22.8 Å². The van der Waals surface area contributed by atoms with Crippen LogP contribution in [0.2, 0.25) is 0 Å². The minimum atomic E-state index is -4.32. The Hall–Kier alpha value is -2.42. The number of carbonyl (C=O) groups excluding carboxylic acids is 2. The van der Waals surface area contributed by atoms with Crippen LogP contribution in [0.5, 0.6) is 0 Å². The van der Waals surface area contributed by atoms with Gasteiger partial charge in [-0.25, -0.2) is 4.98 Å². The molecule has 33 heavy (non-hydrogen) atoms. The van der Waals surface area contributed by atoms with E-state index >= 15 is 0 Å². The minimum absolute atomic E-state index is 0.0322. The highest BCUT2D eigenvalue weighted by molar-refractivity contribution is 7.07. The van der Waals surface area contributed by atoms with Gasteiger partial charge in [0.2, 0.25) is 0 Å². The van der Waals surface area contributed by atoms with Crippen LogP contribution in [-0.4, -0.2) is 47.1 Å². The summed E-state index contributed by atoms with van der Waals surface area (Å²) in [5, 5.41) is 1.88. The highest BCUT2D eigenvalue weighted by Gasteiger charge is 2.49. The van der Waals surface area contributed by atoms with Crippen molar-refractivity contribution in [1.82, 2.24) is 9.88 Å². The summed E-state index contributed by atoms with van der Waals surface area (Å²) in [5.41, 5.74) is 2.16. The molecule has 0 bridgehead atoms. The molecule has 2 aromatic rings. The maximum atomic E-state index is 13.4. The first-order chi connectivity index (χ1) is 15.7. The van der Waals surface area contributed by atoms with E-state index in [-0.39, 0.29) is 29.5 Å². The van der Waals surface area contributed by atoms with Crippen molar-refractivity contribution < 1.29 is 27.5 Å². The quantitative estimate of drug-likeness (QED) is 0.515. The molecule has 2 aliphatic carbocycles. The lowest BCUT2D eigenvalue weighted by atomic mass is 9.70. The van der Waals surface area contributed by atoms with Crippen molar-refractivity contribution in [3.05, 3.63) is 52.0 Å². The predicted molar refractivity (Wildman–Crippen MR) is 118 cm³/mol. The van der Waals surface area contributed by atoms with E-state index in [4.69, 9.17) is 4.74 Å². The number of ether oxygens (including phenoxy) is 1. The molecule has 1 amide bonds. The first-order valence-corrected chi connectivity index (χ1v) is 12.1. The minimum Gasteiger partial charge on any atom is -0.468 e. The molecule has 4 rings (SSSR count). The van der Waals surface area contributed by atoms with Crippen molar-refractivity contribution in [1.29, 1.82) is 0 Å². The van der Waals surface area contributed by atoms with Crippen LogP contribution in [0, 0.1) is 0 Å². The van der Waals surface area contributed by atoms with E-state index in [1.54, 1.807) is 5.51 Å². The Kier molecular flexibility index (Phi) is 6.53. The summed E-state index contributed by atoms with van der Waals surface area (Å²) < 4.78 is 44.2. The second-order valence-electron chi connectivity index (χ2n) is 9.01. The molecule has 1 aromatic heterocycles. The zero-order valence-electron chi connectivity index (χ0n) is 18.6. The molecular formula is C24H27F3N2O3S. The number of benzene rings is 1.